The van der Waals surface area contributed by atoms with Crippen molar-refractivity contribution < 1.29 is 19.4 Å². The van der Waals surface area contributed by atoms with Crippen molar-refractivity contribution in [2.45, 2.75) is 18.6 Å². The fourth-order valence-electron chi connectivity index (χ4n) is 2.62. The molecule has 2 aromatic carbocycles. The lowest BCUT2D eigenvalue weighted by Gasteiger charge is -2.09. The van der Waals surface area contributed by atoms with Gasteiger partial charge >= 0.3 is 5.97 Å². The summed E-state index contributed by atoms with van der Waals surface area (Å²) in [6.45, 7) is 3.29. The van der Waals surface area contributed by atoms with Crippen molar-refractivity contribution in [2.75, 3.05) is 19.5 Å². The zero-order valence-corrected chi connectivity index (χ0v) is 16.5. The normalized spacial score (nSPS) is 10.6. The van der Waals surface area contributed by atoms with Gasteiger partial charge in [-0.1, -0.05) is 11.8 Å². The minimum atomic E-state index is -0.950. The van der Waals surface area contributed by atoms with Gasteiger partial charge in [0.2, 0.25) is 0 Å². The monoisotopic (exact) mass is 399 g/mol. The Hall–Kier alpha value is -3.00. The van der Waals surface area contributed by atoms with Crippen LogP contribution in [0.4, 0.5) is 0 Å². The fraction of sp³-hybridized carbons (Fsp3) is 0.250. The number of hydrogen-bond donors (Lipinski definition) is 1. The van der Waals surface area contributed by atoms with Crippen LogP contribution in [0.15, 0.2) is 53.7 Å². The number of thioether (sulfide) groups is 1. The van der Waals surface area contributed by atoms with E-state index in [2.05, 4.69) is 21.7 Å². The van der Waals surface area contributed by atoms with Crippen LogP contribution in [-0.4, -0.2) is 45.3 Å². The third-order valence-electron chi connectivity index (χ3n) is 4.07. The Morgan fingerprint density at radius 2 is 1.75 bits per heavy atom. The van der Waals surface area contributed by atoms with Gasteiger partial charge in [-0.3, -0.25) is 0 Å². The van der Waals surface area contributed by atoms with Crippen molar-refractivity contribution >= 4 is 17.7 Å². The molecule has 0 fully saturated rings. The highest BCUT2D eigenvalue weighted by Gasteiger charge is 2.13. The second-order valence-corrected chi connectivity index (χ2v) is 6.87. The van der Waals surface area contributed by atoms with E-state index in [1.807, 2.05) is 24.3 Å². The number of carboxylic acids is 1. The Morgan fingerprint density at radius 1 is 1.07 bits per heavy atom. The molecule has 0 atom stereocenters. The molecule has 1 heterocycles. The minimum Gasteiger partial charge on any atom is -0.497 e. The number of nitrogens with zero attached hydrogens (tertiary/aromatic N) is 3. The Labute approximate surface area is 167 Å². The first kappa shape index (κ1) is 19.8. The van der Waals surface area contributed by atoms with E-state index in [1.54, 1.807) is 31.0 Å². The second-order valence-electron chi connectivity index (χ2n) is 5.81. The van der Waals surface area contributed by atoms with Crippen molar-refractivity contribution in [3.8, 4) is 22.9 Å². The van der Waals surface area contributed by atoms with Crippen molar-refractivity contribution in [3.63, 3.8) is 0 Å². The maximum Gasteiger partial charge on any atom is 0.335 e. The highest BCUT2D eigenvalue weighted by atomic mass is 32.2. The Balaban J connectivity index is 1.58. The molecule has 0 unspecified atom stereocenters. The summed E-state index contributed by atoms with van der Waals surface area (Å²) in [7, 11) is 1.64. The highest BCUT2D eigenvalue weighted by molar-refractivity contribution is 7.99. The van der Waals surface area contributed by atoms with Crippen LogP contribution in [0, 0.1) is 0 Å². The van der Waals surface area contributed by atoms with E-state index >= 15 is 0 Å². The van der Waals surface area contributed by atoms with Crippen LogP contribution in [0.1, 0.15) is 17.3 Å². The topological polar surface area (TPSA) is 86.5 Å². The van der Waals surface area contributed by atoms with Crippen molar-refractivity contribution in [1.82, 2.24) is 14.8 Å². The molecule has 0 amide bonds. The molecule has 0 saturated carbocycles. The number of methoxy groups -OCH3 is 1. The van der Waals surface area contributed by atoms with Gasteiger partial charge in [-0.05, 0) is 55.5 Å². The van der Waals surface area contributed by atoms with E-state index in [0.29, 0.717) is 18.1 Å². The van der Waals surface area contributed by atoms with Crippen LogP contribution in [-0.2, 0) is 6.54 Å². The summed E-state index contributed by atoms with van der Waals surface area (Å²) >= 11 is 1.57. The molecule has 0 bridgehead atoms. The van der Waals surface area contributed by atoms with Crippen LogP contribution < -0.4 is 9.47 Å². The lowest BCUT2D eigenvalue weighted by Crippen LogP contribution is -2.04. The van der Waals surface area contributed by atoms with Crippen LogP contribution in [0.3, 0.4) is 0 Å². The zero-order chi connectivity index (χ0) is 19.9. The molecule has 1 N–H and O–H groups in total. The Kier molecular flexibility index (Phi) is 6.54. The molecule has 0 saturated heterocycles. The maximum absolute atomic E-state index is 10.9. The summed E-state index contributed by atoms with van der Waals surface area (Å²) in [5, 5.41) is 18.4. The Bertz CT molecular complexity index is 924. The fourth-order valence-corrected chi connectivity index (χ4v) is 3.44. The molecule has 3 rings (SSSR count). The summed E-state index contributed by atoms with van der Waals surface area (Å²) in [6.07, 6.45) is 0. The van der Waals surface area contributed by atoms with E-state index in [0.717, 1.165) is 28.8 Å². The molecule has 0 spiro atoms. The summed E-state index contributed by atoms with van der Waals surface area (Å²) < 4.78 is 12.9. The van der Waals surface area contributed by atoms with Crippen molar-refractivity contribution in [2.24, 2.45) is 0 Å². The van der Waals surface area contributed by atoms with Gasteiger partial charge < -0.3 is 19.1 Å². The third kappa shape index (κ3) is 4.64. The molecule has 1 aromatic heterocycles. The number of carbonyl (C=O) groups is 1. The number of hydrogen-bond acceptors (Lipinski definition) is 6. The van der Waals surface area contributed by atoms with Gasteiger partial charge in [-0.25, -0.2) is 4.79 Å². The SMILES string of the molecule is CCn1c(SCCOc2ccc(C(=O)O)cc2)nnc1-c1ccc(OC)cc1. The molecule has 28 heavy (non-hydrogen) atoms. The van der Waals surface area contributed by atoms with Crippen molar-refractivity contribution in [3.05, 3.63) is 54.1 Å². The van der Waals surface area contributed by atoms with Crippen molar-refractivity contribution in [1.29, 1.82) is 0 Å². The van der Waals surface area contributed by atoms with E-state index in [4.69, 9.17) is 14.6 Å². The van der Waals surface area contributed by atoms with Gasteiger partial charge in [0.1, 0.15) is 11.5 Å². The molecule has 7 nitrogen and oxygen atoms in total. The Morgan fingerprint density at radius 3 is 2.36 bits per heavy atom. The molecule has 0 aliphatic rings. The van der Waals surface area contributed by atoms with E-state index in [-0.39, 0.29) is 5.56 Å². The van der Waals surface area contributed by atoms with Crippen LogP contribution in [0.5, 0.6) is 11.5 Å². The van der Waals surface area contributed by atoms with Crippen LogP contribution in [0.25, 0.3) is 11.4 Å². The van der Waals surface area contributed by atoms with E-state index in [1.165, 1.54) is 12.1 Å². The second kappa shape index (κ2) is 9.27. The predicted molar refractivity (Wildman–Crippen MR) is 107 cm³/mol. The maximum atomic E-state index is 10.9. The standard InChI is InChI=1S/C20H21N3O4S/c1-3-23-18(14-4-8-16(26-2)9-5-14)21-22-20(23)28-13-12-27-17-10-6-15(7-11-17)19(24)25/h4-11H,3,12-13H2,1-2H3,(H,24,25). The first-order valence-corrected chi connectivity index (χ1v) is 9.77. The highest BCUT2D eigenvalue weighted by Crippen LogP contribution is 2.25. The average molecular weight is 399 g/mol. The average Bonchev–Trinajstić information content (AvgIpc) is 3.14. The number of ether oxygens (including phenoxy) is 2. The minimum absolute atomic E-state index is 0.240. The molecule has 0 aliphatic carbocycles. The van der Waals surface area contributed by atoms with Crippen LogP contribution >= 0.6 is 11.8 Å². The smallest absolute Gasteiger partial charge is 0.335 e. The van der Waals surface area contributed by atoms with Gasteiger partial charge in [-0.2, -0.15) is 0 Å². The molecule has 0 radical (unpaired) electrons. The lowest BCUT2D eigenvalue weighted by molar-refractivity contribution is 0.0697. The summed E-state index contributed by atoms with van der Waals surface area (Å²) in [6, 6.07) is 14.1. The number of aromatic nitrogens is 3. The zero-order valence-electron chi connectivity index (χ0n) is 15.7. The third-order valence-corrected chi connectivity index (χ3v) is 5.00. The molecule has 0 aliphatic heterocycles. The van der Waals surface area contributed by atoms with Crippen LogP contribution in [0.2, 0.25) is 0 Å². The number of benzene rings is 2. The number of carboxylic acid groups (broad SMARTS) is 1. The van der Waals surface area contributed by atoms with Gasteiger partial charge in [0.05, 0.1) is 19.3 Å². The number of aromatic carboxylic acids is 1. The van der Waals surface area contributed by atoms with Gasteiger partial charge in [0.15, 0.2) is 11.0 Å². The van der Waals surface area contributed by atoms with E-state index in [9.17, 15) is 4.79 Å². The predicted octanol–water partition coefficient (Wildman–Crippen LogP) is 3.84. The number of rotatable bonds is 9. The van der Waals surface area contributed by atoms with E-state index < -0.39 is 5.97 Å². The summed E-state index contributed by atoms with van der Waals surface area (Å²) in [5.74, 6) is 2.00. The van der Waals surface area contributed by atoms with Gasteiger partial charge in [-0.15, -0.1) is 10.2 Å². The first-order chi connectivity index (χ1) is 13.6. The molecular formula is C20H21N3O4S. The largest absolute Gasteiger partial charge is 0.497 e. The summed E-state index contributed by atoms with van der Waals surface area (Å²) in [5.41, 5.74) is 1.22. The molecule has 3 aromatic rings. The first-order valence-electron chi connectivity index (χ1n) is 8.79. The molecular weight excluding hydrogens is 378 g/mol. The summed E-state index contributed by atoms with van der Waals surface area (Å²) in [4.78, 5) is 10.9. The lowest BCUT2D eigenvalue weighted by atomic mass is 10.2. The molecule has 146 valence electrons. The quantitative estimate of drug-likeness (QED) is 0.432. The van der Waals surface area contributed by atoms with Gasteiger partial charge in [0, 0.05) is 17.9 Å². The molecule has 8 heteroatoms. The van der Waals surface area contributed by atoms with Gasteiger partial charge in [0.25, 0.3) is 0 Å².